The van der Waals surface area contributed by atoms with Crippen molar-refractivity contribution in [3.8, 4) is 0 Å². The number of methoxy groups -OCH3 is 1. The first-order valence-electron chi connectivity index (χ1n) is 4.24. The first-order valence-corrected chi connectivity index (χ1v) is 4.24. The molecule has 0 aromatic rings. The number of ether oxygens (including phenoxy) is 1. The molecular weight excluding hydrogens is 156 g/mol. The Morgan fingerprint density at radius 1 is 1.67 bits per heavy atom. The van der Waals surface area contributed by atoms with Crippen molar-refractivity contribution in [3.05, 3.63) is 0 Å². The quantitative estimate of drug-likeness (QED) is 0.584. The second-order valence-corrected chi connectivity index (χ2v) is 3.33. The predicted molar refractivity (Wildman–Crippen MR) is 43.5 cm³/mol. The van der Waals surface area contributed by atoms with Crippen LogP contribution in [0.3, 0.4) is 0 Å². The van der Waals surface area contributed by atoms with Crippen molar-refractivity contribution >= 4 is 11.8 Å². The van der Waals surface area contributed by atoms with Gasteiger partial charge in [0, 0.05) is 18.8 Å². The van der Waals surface area contributed by atoms with Gasteiger partial charge in [-0.2, -0.15) is 0 Å². The molecule has 0 spiro atoms. The molecule has 0 aromatic heterocycles. The molecule has 0 heterocycles. The maximum absolute atomic E-state index is 11.1. The highest BCUT2D eigenvalue weighted by molar-refractivity contribution is 5.84. The van der Waals surface area contributed by atoms with E-state index in [0.717, 1.165) is 6.42 Å². The Morgan fingerprint density at radius 3 is 2.75 bits per heavy atom. The first kappa shape index (κ1) is 9.23. The lowest BCUT2D eigenvalue weighted by Crippen LogP contribution is -2.15. The first-order chi connectivity index (χ1) is 5.65. The molecule has 68 valence electrons. The summed E-state index contributed by atoms with van der Waals surface area (Å²) < 4.78 is 4.55. The van der Waals surface area contributed by atoms with Gasteiger partial charge in [0.2, 0.25) is 0 Å². The fourth-order valence-electron chi connectivity index (χ4n) is 1.64. The van der Waals surface area contributed by atoms with Crippen LogP contribution in [0.2, 0.25) is 0 Å². The second-order valence-electron chi connectivity index (χ2n) is 3.33. The molecule has 1 aliphatic carbocycles. The number of ketones is 1. The van der Waals surface area contributed by atoms with Crippen LogP contribution in [0.5, 0.6) is 0 Å². The smallest absolute Gasteiger partial charge is 0.305 e. The van der Waals surface area contributed by atoms with Gasteiger partial charge in [-0.1, -0.05) is 6.92 Å². The number of carbonyl (C=O) groups is 2. The SMILES string of the molecule is COC(=O)C[C@@H]1CCC(=O)[C@H]1C. The van der Waals surface area contributed by atoms with Gasteiger partial charge in [0.15, 0.2) is 0 Å². The van der Waals surface area contributed by atoms with E-state index in [0.29, 0.717) is 12.8 Å². The van der Waals surface area contributed by atoms with Crippen molar-refractivity contribution in [1.29, 1.82) is 0 Å². The van der Waals surface area contributed by atoms with Gasteiger partial charge in [-0.3, -0.25) is 9.59 Å². The average Bonchev–Trinajstić information content (AvgIpc) is 2.36. The lowest BCUT2D eigenvalue weighted by atomic mass is 9.94. The summed E-state index contributed by atoms with van der Waals surface area (Å²) in [6, 6.07) is 0. The maximum atomic E-state index is 11.1. The standard InChI is InChI=1S/C9H14O3/c1-6-7(3-4-8(6)10)5-9(11)12-2/h6-7H,3-5H2,1-2H3/t6-,7-/m0/s1. The Morgan fingerprint density at radius 2 is 2.33 bits per heavy atom. The van der Waals surface area contributed by atoms with Gasteiger partial charge in [0.25, 0.3) is 0 Å². The Kier molecular flexibility index (Phi) is 2.84. The number of hydrogen-bond donors (Lipinski definition) is 0. The monoisotopic (exact) mass is 170 g/mol. The molecule has 0 aliphatic heterocycles. The minimum atomic E-state index is -0.207. The van der Waals surface area contributed by atoms with Crippen LogP contribution < -0.4 is 0 Å². The minimum absolute atomic E-state index is 0.0455. The van der Waals surface area contributed by atoms with Crippen molar-refractivity contribution in [2.45, 2.75) is 26.2 Å². The molecule has 0 aromatic carbocycles. The van der Waals surface area contributed by atoms with Crippen LogP contribution in [0.4, 0.5) is 0 Å². The summed E-state index contributed by atoms with van der Waals surface area (Å²) in [5.41, 5.74) is 0. The van der Waals surface area contributed by atoms with Crippen molar-refractivity contribution in [1.82, 2.24) is 0 Å². The van der Waals surface area contributed by atoms with Crippen LogP contribution in [0.25, 0.3) is 0 Å². The fraction of sp³-hybridized carbons (Fsp3) is 0.778. The molecule has 1 fully saturated rings. The molecular formula is C9H14O3. The summed E-state index contributed by atoms with van der Waals surface area (Å²) in [5, 5.41) is 0. The van der Waals surface area contributed by atoms with Crippen LogP contribution in [-0.2, 0) is 14.3 Å². The van der Waals surface area contributed by atoms with Gasteiger partial charge in [0.1, 0.15) is 5.78 Å². The maximum Gasteiger partial charge on any atom is 0.305 e. The highest BCUT2D eigenvalue weighted by Crippen LogP contribution is 2.30. The molecule has 3 nitrogen and oxygen atoms in total. The van der Waals surface area contributed by atoms with Gasteiger partial charge in [-0.05, 0) is 12.3 Å². The lowest BCUT2D eigenvalue weighted by molar-refractivity contribution is -0.142. The zero-order valence-electron chi connectivity index (χ0n) is 7.50. The van der Waals surface area contributed by atoms with E-state index in [1.165, 1.54) is 7.11 Å². The molecule has 0 unspecified atom stereocenters. The van der Waals surface area contributed by atoms with Gasteiger partial charge >= 0.3 is 5.97 Å². The summed E-state index contributed by atoms with van der Waals surface area (Å²) >= 11 is 0. The Balaban J connectivity index is 2.44. The highest BCUT2D eigenvalue weighted by Gasteiger charge is 2.32. The number of Topliss-reactive ketones (excluding diaryl/α,β-unsaturated/α-hetero) is 1. The fourth-order valence-corrected chi connectivity index (χ4v) is 1.64. The van der Waals surface area contributed by atoms with Crippen molar-refractivity contribution < 1.29 is 14.3 Å². The summed E-state index contributed by atoms with van der Waals surface area (Å²) in [6.45, 7) is 1.89. The van der Waals surface area contributed by atoms with Crippen LogP contribution in [-0.4, -0.2) is 18.9 Å². The molecule has 0 radical (unpaired) electrons. The van der Waals surface area contributed by atoms with Crippen LogP contribution >= 0.6 is 0 Å². The summed E-state index contributed by atoms with van der Waals surface area (Å²) in [4.78, 5) is 22.0. The average molecular weight is 170 g/mol. The normalized spacial score (nSPS) is 29.0. The lowest BCUT2D eigenvalue weighted by Gasteiger charge is -2.11. The van der Waals surface area contributed by atoms with Crippen molar-refractivity contribution in [3.63, 3.8) is 0 Å². The predicted octanol–water partition coefficient (Wildman–Crippen LogP) is 1.16. The summed E-state index contributed by atoms with van der Waals surface area (Å²) in [6.07, 6.45) is 1.86. The number of hydrogen-bond acceptors (Lipinski definition) is 3. The second kappa shape index (κ2) is 3.70. The number of esters is 1. The minimum Gasteiger partial charge on any atom is -0.469 e. The van der Waals surface area contributed by atoms with Gasteiger partial charge in [0.05, 0.1) is 7.11 Å². The van der Waals surface area contributed by atoms with Crippen LogP contribution in [0.1, 0.15) is 26.2 Å². The van der Waals surface area contributed by atoms with E-state index in [4.69, 9.17) is 0 Å². The molecule has 1 saturated carbocycles. The Bertz CT molecular complexity index is 198. The molecule has 0 amide bonds. The van der Waals surface area contributed by atoms with Crippen LogP contribution in [0.15, 0.2) is 0 Å². The summed E-state index contributed by atoms with van der Waals surface area (Å²) in [7, 11) is 1.38. The highest BCUT2D eigenvalue weighted by atomic mass is 16.5. The van der Waals surface area contributed by atoms with Crippen molar-refractivity contribution in [2.24, 2.45) is 11.8 Å². The third kappa shape index (κ3) is 1.84. The molecule has 1 rings (SSSR count). The molecule has 12 heavy (non-hydrogen) atoms. The topological polar surface area (TPSA) is 43.4 Å². The van der Waals surface area contributed by atoms with E-state index in [2.05, 4.69) is 4.74 Å². The molecule has 3 heteroatoms. The van der Waals surface area contributed by atoms with E-state index < -0.39 is 0 Å². The number of carbonyl (C=O) groups excluding carboxylic acids is 2. The molecule has 0 N–H and O–H groups in total. The number of rotatable bonds is 2. The van der Waals surface area contributed by atoms with Gasteiger partial charge in [-0.15, -0.1) is 0 Å². The molecule has 2 atom stereocenters. The van der Waals surface area contributed by atoms with E-state index in [-0.39, 0.29) is 23.6 Å². The van der Waals surface area contributed by atoms with Gasteiger partial charge < -0.3 is 4.74 Å². The van der Waals surface area contributed by atoms with E-state index in [9.17, 15) is 9.59 Å². The third-order valence-electron chi connectivity index (χ3n) is 2.63. The zero-order chi connectivity index (χ0) is 9.14. The summed E-state index contributed by atoms with van der Waals surface area (Å²) in [5.74, 6) is 0.333. The molecule has 1 aliphatic rings. The van der Waals surface area contributed by atoms with E-state index in [1.807, 2.05) is 6.92 Å². The molecule has 0 bridgehead atoms. The van der Waals surface area contributed by atoms with Crippen molar-refractivity contribution in [2.75, 3.05) is 7.11 Å². The van der Waals surface area contributed by atoms with E-state index >= 15 is 0 Å². The Hall–Kier alpha value is -0.860. The van der Waals surface area contributed by atoms with Gasteiger partial charge in [-0.25, -0.2) is 0 Å². The third-order valence-corrected chi connectivity index (χ3v) is 2.63. The molecule has 0 saturated heterocycles. The largest absolute Gasteiger partial charge is 0.469 e. The zero-order valence-corrected chi connectivity index (χ0v) is 7.50. The Labute approximate surface area is 72.1 Å². The van der Waals surface area contributed by atoms with E-state index in [1.54, 1.807) is 0 Å². The van der Waals surface area contributed by atoms with Crippen LogP contribution in [0, 0.1) is 11.8 Å².